The van der Waals surface area contributed by atoms with Crippen molar-refractivity contribution in [1.82, 2.24) is 5.32 Å². The summed E-state index contributed by atoms with van der Waals surface area (Å²) in [5, 5.41) is 3.39. The summed E-state index contributed by atoms with van der Waals surface area (Å²) in [6, 6.07) is 5.45. The van der Waals surface area contributed by atoms with E-state index in [1.807, 2.05) is 17.8 Å². The van der Waals surface area contributed by atoms with Crippen LogP contribution in [0.25, 0.3) is 0 Å². The third-order valence-electron chi connectivity index (χ3n) is 2.33. The summed E-state index contributed by atoms with van der Waals surface area (Å²) in [5.74, 6) is 0.962. The zero-order valence-electron chi connectivity index (χ0n) is 9.59. The molecule has 0 aliphatic heterocycles. The van der Waals surface area contributed by atoms with Gasteiger partial charge in [0.2, 0.25) is 0 Å². The molecule has 4 heteroatoms. The van der Waals surface area contributed by atoms with Crippen LogP contribution < -0.4 is 5.32 Å². The lowest BCUT2D eigenvalue weighted by atomic mass is 10.2. The molecule has 16 heavy (non-hydrogen) atoms. The Balaban J connectivity index is 2.41. The van der Waals surface area contributed by atoms with Gasteiger partial charge in [0.05, 0.1) is 0 Å². The van der Waals surface area contributed by atoms with E-state index >= 15 is 0 Å². The molecule has 1 nitrogen and oxygen atoms in total. The van der Waals surface area contributed by atoms with Crippen molar-refractivity contribution in [2.45, 2.75) is 25.9 Å². The average Bonchev–Trinajstić information content (AvgIpc) is 2.22. The molecule has 1 atom stereocenters. The van der Waals surface area contributed by atoms with E-state index in [9.17, 15) is 4.39 Å². The zero-order valence-corrected chi connectivity index (χ0v) is 12.0. The van der Waals surface area contributed by atoms with E-state index < -0.39 is 0 Å². The molecule has 1 rings (SSSR count). The molecule has 0 spiro atoms. The quantitative estimate of drug-likeness (QED) is 0.857. The predicted molar refractivity (Wildman–Crippen MR) is 73.4 cm³/mol. The van der Waals surface area contributed by atoms with Crippen molar-refractivity contribution in [2.75, 3.05) is 12.0 Å². The molecular weight excluding hydrogens is 289 g/mol. The minimum atomic E-state index is -0.192. The van der Waals surface area contributed by atoms with Crippen LogP contribution in [-0.4, -0.2) is 18.1 Å². The van der Waals surface area contributed by atoms with Gasteiger partial charge in [0, 0.05) is 17.1 Å². The molecule has 1 unspecified atom stereocenters. The normalized spacial score (nSPS) is 12.8. The molecule has 1 aromatic carbocycles. The van der Waals surface area contributed by atoms with Crippen molar-refractivity contribution >= 4 is 27.7 Å². The monoisotopic (exact) mass is 305 g/mol. The number of benzene rings is 1. The maximum Gasteiger partial charge on any atom is 0.124 e. The molecule has 0 saturated heterocycles. The highest BCUT2D eigenvalue weighted by molar-refractivity contribution is 9.10. The minimum absolute atomic E-state index is 0.192. The van der Waals surface area contributed by atoms with Gasteiger partial charge in [-0.05, 0) is 49.1 Å². The standard InChI is InChI=1S/C12H17BrFNS/c1-9(3-4-16-2)15-8-10-5-11(13)7-12(14)6-10/h5-7,9,15H,3-4,8H2,1-2H3. The van der Waals surface area contributed by atoms with E-state index in [0.29, 0.717) is 12.6 Å². The molecule has 0 bridgehead atoms. The van der Waals surface area contributed by atoms with Crippen molar-refractivity contribution in [3.8, 4) is 0 Å². The molecule has 0 aliphatic rings. The second kappa shape index (κ2) is 7.30. The van der Waals surface area contributed by atoms with Crippen molar-refractivity contribution < 1.29 is 4.39 Å². The summed E-state index contributed by atoms with van der Waals surface area (Å²) in [7, 11) is 0. The number of thioether (sulfide) groups is 1. The number of rotatable bonds is 6. The molecular formula is C12H17BrFNS. The van der Waals surface area contributed by atoms with Gasteiger partial charge in [0.15, 0.2) is 0 Å². The fraction of sp³-hybridized carbons (Fsp3) is 0.500. The van der Waals surface area contributed by atoms with Gasteiger partial charge in [-0.2, -0.15) is 11.8 Å². The maximum atomic E-state index is 13.1. The highest BCUT2D eigenvalue weighted by Gasteiger charge is 2.03. The fourth-order valence-corrected chi connectivity index (χ4v) is 2.50. The van der Waals surface area contributed by atoms with Gasteiger partial charge in [-0.25, -0.2) is 4.39 Å². The van der Waals surface area contributed by atoms with Crippen LogP contribution in [0.4, 0.5) is 4.39 Å². The predicted octanol–water partition coefficient (Wildman–Crippen LogP) is 3.82. The van der Waals surface area contributed by atoms with E-state index in [2.05, 4.69) is 34.4 Å². The molecule has 0 heterocycles. The molecule has 1 aromatic rings. The van der Waals surface area contributed by atoms with Crippen LogP contribution in [-0.2, 0) is 6.54 Å². The highest BCUT2D eigenvalue weighted by Crippen LogP contribution is 2.15. The topological polar surface area (TPSA) is 12.0 Å². The van der Waals surface area contributed by atoms with E-state index in [1.54, 1.807) is 6.07 Å². The lowest BCUT2D eigenvalue weighted by Crippen LogP contribution is -2.26. The number of nitrogens with one attached hydrogen (secondary N) is 1. The first kappa shape index (κ1) is 14.0. The summed E-state index contributed by atoms with van der Waals surface area (Å²) in [6.07, 6.45) is 3.24. The van der Waals surface area contributed by atoms with Crippen LogP contribution in [0, 0.1) is 5.82 Å². The molecule has 0 aromatic heterocycles. The van der Waals surface area contributed by atoms with Crippen molar-refractivity contribution in [2.24, 2.45) is 0 Å². The van der Waals surface area contributed by atoms with Crippen LogP contribution in [0.15, 0.2) is 22.7 Å². The molecule has 0 radical (unpaired) electrons. The van der Waals surface area contributed by atoms with Gasteiger partial charge < -0.3 is 5.32 Å². The molecule has 1 N–H and O–H groups in total. The van der Waals surface area contributed by atoms with Crippen LogP contribution in [0.3, 0.4) is 0 Å². The van der Waals surface area contributed by atoms with Gasteiger partial charge >= 0.3 is 0 Å². The Kier molecular flexibility index (Phi) is 6.39. The van der Waals surface area contributed by atoms with Crippen molar-refractivity contribution in [1.29, 1.82) is 0 Å². The zero-order chi connectivity index (χ0) is 12.0. The number of hydrogen-bond acceptors (Lipinski definition) is 2. The van der Waals surface area contributed by atoms with Gasteiger partial charge in [0.1, 0.15) is 5.82 Å². The smallest absolute Gasteiger partial charge is 0.124 e. The van der Waals surface area contributed by atoms with E-state index in [-0.39, 0.29) is 5.82 Å². The Morgan fingerprint density at radius 1 is 1.44 bits per heavy atom. The molecule has 0 fully saturated rings. The number of halogens is 2. The Morgan fingerprint density at radius 2 is 2.19 bits per heavy atom. The molecule has 0 amide bonds. The van der Waals surface area contributed by atoms with Crippen LogP contribution in [0.5, 0.6) is 0 Å². The van der Waals surface area contributed by atoms with E-state index in [0.717, 1.165) is 22.2 Å². The van der Waals surface area contributed by atoms with E-state index in [4.69, 9.17) is 0 Å². The SMILES string of the molecule is CSCCC(C)NCc1cc(F)cc(Br)c1. The summed E-state index contributed by atoms with van der Waals surface area (Å²) < 4.78 is 13.9. The Morgan fingerprint density at radius 3 is 2.81 bits per heavy atom. The fourth-order valence-electron chi connectivity index (χ4n) is 1.40. The lowest BCUT2D eigenvalue weighted by molar-refractivity contribution is 0.535. The van der Waals surface area contributed by atoms with Gasteiger partial charge in [0.25, 0.3) is 0 Å². The van der Waals surface area contributed by atoms with Crippen LogP contribution in [0.2, 0.25) is 0 Å². The third-order valence-corrected chi connectivity index (χ3v) is 3.43. The minimum Gasteiger partial charge on any atom is -0.310 e. The largest absolute Gasteiger partial charge is 0.310 e. The second-order valence-electron chi connectivity index (χ2n) is 3.84. The first-order valence-electron chi connectivity index (χ1n) is 5.29. The maximum absolute atomic E-state index is 13.1. The third kappa shape index (κ3) is 5.32. The van der Waals surface area contributed by atoms with Gasteiger partial charge in [-0.3, -0.25) is 0 Å². The highest BCUT2D eigenvalue weighted by atomic mass is 79.9. The van der Waals surface area contributed by atoms with E-state index in [1.165, 1.54) is 6.07 Å². The van der Waals surface area contributed by atoms with Crippen molar-refractivity contribution in [3.05, 3.63) is 34.1 Å². The van der Waals surface area contributed by atoms with Crippen LogP contribution in [0.1, 0.15) is 18.9 Å². The number of hydrogen-bond donors (Lipinski definition) is 1. The summed E-state index contributed by atoms with van der Waals surface area (Å²) in [4.78, 5) is 0. The first-order valence-corrected chi connectivity index (χ1v) is 7.48. The Bertz CT molecular complexity index is 313. The average molecular weight is 306 g/mol. The lowest BCUT2D eigenvalue weighted by Gasteiger charge is -2.13. The van der Waals surface area contributed by atoms with Gasteiger partial charge in [-0.15, -0.1) is 0 Å². The summed E-state index contributed by atoms with van der Waals surface area (Å²) in [5.41, 5.74) is 0.975. The summed E-state index contributed by atoms with van der Waals surface area (Å²) in [6.45, 7) is 2.87. The molecule has 90 valence electrons. The van der Waals surface area contributed by atoms with Crippen molar-refractivity contribution in [3.63, 3.8) is 0 Å². The second-order valence-corrected chi connectivity index (χ2v) is 5.74. The first-order chi connectivity index (χ1) is 7.61. The molecule has 0 saturated carbocycles. The Labute approximate surface area is 109 Å². The molecule has 0 aliphatic carbocycles. The van der Waals surface area contributed by atoms with Gasteiger partial charge in [-0.1, -0.05) is 15.9 Å². The summed E-state index contributed by atoms with van der Waals surface area (Å²) >= 11 is 5.14. The van der Waals surface area contributed by atoms with Crippen LogP contribution >= 0.6 is 27.7 Å². The Hall–Kier alpha value is -0.0600.